The van der Waals surface area contributed by atoms with E-state index in [9.17, 15) is 4.79 Å². The van der Waals surface area contributed by atoms with E-state index in [1.165, 1.54) is 20.3 Å². The van der Waals surface area contributed by atoms with Crippen LogP contribution in [0.5, 0.6) is 0 Å². The fourth-order valence-corrected chi connectivity index (χ4v) is 5.27. The van der Waals surface area contributed by atoms with Gasteiger partial charge in [-0.15, -0.1) is 15.9 Å². The summed E-state index contributed by atoms with van der Waals surface area (Å²) in [7, 11) is 0. The highest BCUT2D eigenvalue weighted by atomic mass is 32.2. The van der Waals surface area contributed by atoms with Crippen LogP contribution >= 0.6 is 35.0 Å². The van der Waals surface area contributed by atoms with Gasteiger partial charge >= 0.3 is 5.91 Å². The summed E-state index contributed by atoms with van der Waals surface area (Å²) in [5, 5.41) is 0. The molecule has 0 bridgehead atoms. The van der Waals surface area contributed by atoms with E-state index in [0.717, 1.165) is 23.7 Å². The number of hydrogen-bond donors (Lipinski definition) is 1. The Hall–Kier alpha value is -0.340. The second kappa shape index (κ2) is 6.90. The molecule has 0 saturated carbocycles. The molecule has 1 aliphatic heterocycles. The maximum absolute atomic E-state index is 11.6. The van der Waals surface area contributed by atoms with Crippen molar-refractivity contribution in [1.29, 1.82) is 0 Å². The minimum atomic E-state index is -0.160. The van der Waals surface area contributed by atoms with Crippen molar-refractivity contribution in [2.24, 2.45) is 5.73 Å². The van der Waals surface area contributed by atoms with Crippen molar-refractivity contribution in [3.63, 3.8) is 0 Å². The third-order valence-corrected chi connectivity index (χ3v) is 6.00. The number of carbonyl (C=O) groups is 1. The van der Waals surface area contributed by atoms with Crippen LogP contribution in [0.25, 0.3) is 0 Å². The Morgan fingerprint density at radius 3 is 2.89 bits per heavy atom. The van der Waals surface area contributed by atoms with Gasteiger partial charge in [-0.05, 0) is 18.9 Å². The molecule has 4 nitrogen and oxygen atoms in total. The predicted molar refractivity (Wildman–Crippen MR) is 84.9 cm³/mol. The number of amides is 1. The number of thiophene rings is 1. The summed E-state index contributed by atoms with van der Waals surface area (Å²) in [6.45, 7) is 8.00. The molecule has 19 heavy (non-hydrogen) atoms. The van der Waals surface area contributed by atoms with Crippen LogP contribution < -0.4 is 5.73 Å². The Bertz CT molecular complexity index is 481. The first-order valence-electron chi connectivity index (χ1n) is 6.06. The third kappa shape index (κ3) is 3.82. The first-order valence-corrected chi connectivity index (χ1v) is 8.81. The molecule has 1 aromatic heterocycles. The predicted octanol–water partition coefficient (Wildman–Crippen LogP) is 1.94. The van der Waals surface area contributed by atoms with Gasteiger partial charge in [-0.25, -0.2) is 9.10 Å². The largest absolute Gasteiger partial charge is 0.405 e. The van der Waals surface area contributed by atoms with Crippen molar-refractivity contribution >= 4 is 53.4 Å². The smallest absolute Gasteiger partial charge is 0.318 e. The van der Waals surface area contributed by atoms with Gasteiger partial charge in [-0.3, -0.25) is 0 Å². The summed E-state index contributed by atoms with van der Waals surface area (Å²) in [5.41, 5.74) is 6.24. The van der Waals surface area contributed by atoms with E-state index in [1.54, 1.807) is 23.3 Å². The minimum Gasteiger partial charge on any atom is -0.318 e. The molecule has 2 heterocycles. The lowest BCUT2D eigenvalue weighted by Gasteiger charge is -2.23. The number of thioether (sulfide) groups is 1. The molecular weight excluding hydrogens is 298 g/mol. The Morgan fingerprint density at radius 1 is 1.58 bits per heavy atom. The molecule has 1 amide bonds. The zero-order chi connectivity index (χ0) is 13.8. The first-order chi connectivity index (χ1) is 9.11. The van der Waals surface area contributed by atoms with Gasteiger partial charge in [0.2, 0.25) is 5.69 Å². The van der Waals surface area contributed by atoms with Gasteiger partial charge < -0.3 is 5.73 Å². The zero-order valence-electron chi connectivity index (χ0n) is 10.9. The average Bonchev–Trinajstić information content (AvgIpc) is 2.79. The SMILES string of the molecule is C=[N+](C(=O)CN)c1cc(SN2CCSCC2)sc1C. The van der Waals surface area contributed by atoms with Gasteiger partial charge in [0.1, 0.15) is 13.3 Å². The molecular formula is C12H18N3OS3+. The number of rotatable bonds is 4. The fraction of sp³-hybridized carbons (Fsp3) is 0.500. The number of aryl methyl sites for hydroxylation is 1. The maximum atomic E-state index is 11.6. The van der Waals surface area contributed by atoms with Crippen LogP contribution in [0.1, 0.15) is 4.88 Å². The Kier molecular flexibility index (Phi) is 5.47. The van der Waals surface area contributed by atoms with Crippen LogP contribution in [0, 0.1) is 6.92 Å². The van der Waals surface area contributed by atoms with Crippen LogP contribution in [0.15, 0.2) is 10.3 Å². The second-order valence-corrected chi connectivity index (χ2v) is 8.04. The summed E-state index contributed by atoms with van der Waals surface area (Å²) in [4.78, 5) is 12.7. The molecule has 2 N–H and O–H groups in total. The van der Waals surface area contributed by atoms with E-state index in [-0.39, 0.29) is 12.5 Å². The molecule has 0 radical (unpaired) electrons. The quantitative estimate of drug-likeness (QED) is 0.523. The average molecular weight is 316 g/mol. The lowest BCUT2D eigenvalue weighted by Crippen LogP contribution is -2.26. The van der Waals surface area contributed by atoms with E-state index >= 15 is 0 Å². The molecule has 0 atom stereocenters. The van der Waals surface area contributed by atoms with Crippen LogP contribution in [0.4, 0.5) is 5.69 Å². The molecule has 1 aromatic rings. The highest BCUT2D eigenvalue weighted by molar-refractivity contribution is 8.00. The van der Waals surface area contributed by atoms with Crippen molar-refractivity contribution < 1.29 is 9.37 Å². The van der Waals surface area contributed by atoms with Crippen molar-refractivity contribution in [2.45, 2.75) is 11.1 Å². The summed E-state index contributed by atoms with van der Waals surface area (Å²) < 4.78 is 4.99. The van der Waals surface area contributed by atoms with E-state index in [0.29, 0.717) is 0 Å². The molecule has 0 aromatic carbocycles. The van der Waals surface area contributed by atoms with E-state index in [4.69, 9.17) is 5.73 Å². The minimum absolute atomic E-state index is 0.00931. The third-order valence-electron chi connectivity index (χ3n) is 2.82. The Balaban J connectivity index is 2.07. The van der Waals surface area contributed by atoms with Gasteiger partial charge in [0, 0.05) is 30.7 Å². The summed E-state index contributed by atoms with van der Waals surface area (Å²) in [6, 6.07) is 2.03. The summed E-state index contributed by atoms with van der Waals surface area (Å²) in [6.07, 6.45) is 0. The van der Waals surface area contributed by atoms with Crippen molar-refractivity contribution in [1.82, 2.24) is 4.31 Å². The standard InChI is InChI=1S/C12H18N3OS3/c1-9-10(14(2)11(16)8-13)7-12(18-9)19-15-3-5-17-6-4-15/h7H,2-6,8,13H2,1H3/q+1. The lowest BCUT2D eigenvalue weighted by molar-refractivity contribution is -0.357. The molecule has 0 spiro atoms. The van der Waals surface area contributed by atoms with Crippen LogP contribution in [-0.4, -0.2) is 52.6 Å². The van der Waals surface area contributed by atoms with Gasteiger partial charge in [0.15, 0.2) is 0 Å². The number of nitrogens with zero attached hydrogens (tertiary/aromatic N) is 2. The van der Waals surface area contributed by atoms with Crippen molar-refractivity contribution in [2.75, 3.05) is 31.1 Å². The van der Waals surface area contributed by atoms with E-state index in [2.05, 4.69) is 11.0 Å². The second-order valence-electron chi connectivity index (χ2n) is 4.17. The topological polar surface area (TPSA) is 49.3 Å². The van der Waals surface area contributed by atoms with E-state index in [1.807, 2.05) is 24.8 Å². The Morgan fingerprint density at radius 2 is 2.26 bits per heavy atom. The molecule has 0 aliphatic carbocycles. The molecule has 0 unspecified atom stereocenters. The Labute approximate surface area is 126 Å². The molecule has 104 valence electrons. The van der Waals surface area contributed by atoms with Gasteiger partial charge in [0.25, 0.3) is 0 Å². The normalized spacial score (nSPS) is 16.5. The number of nitrogens with two attached hydrogens (primary N) is 1. The van der Waals surface area contributed by atoms with Crippen LogP contribution in [0.3, 0.4) is 0 Å². The lowest BCUT2D eigenvalue weighted by atomic mass is 10.4. The van der Waals surface area contributed by atoms with Crippen LogP contribution in [-0.2, 0) is 4.79 Å². The highest BCUT2D eigenvalue weighted by Crippen LogP contribution is 2.37. The monoisotopic (exact) mass is 316 g/mol. The zero-order valence-corrected chi connectivity index (χ0v) is 13.4. The molecule has 2 rings (SSSR count). The molecule has 7 heteroatoms. The first kappa shape index (κ1) is 15.1. The van der Waals surface area contributed by atoms with Crippen molar-refractivity contribution in [3.8, 4) is 0 Å². The molecule has 1 fully saturated rings. The van der Waals surface area contributed by atoms with Gasteiger partial charge in [-0.1, -0.05) is 0 Å². The van der Waals surface area contributed by atoms with Gasteiger partial charge in [-0.2, -0.15) is 11.8 Å². The molecule has 1 aliphatic rings. The summed E-state index contributed by atoms with van der Waals surface area (Å²) >= 11 is 5.48. The van der Waals surface area contributed by atoms with Gasteiger partial charge in [0.05, 0.1) is 9.09 Å². The highest BCUT2D eigenvalue weighted by Gasteiger charge is 2.22. The fourth-order valence-electron chi connectivity index (χ4n) is 1.77. The summed E-state index contributed by atoms with van der Waals surface area (Å²) in [5.74, 6) is 2.22. The number of carbonyl (C=O) groups excluding carboxylic acids is 1. The van der Waals surface area contributed by atoms with Crippen LogP contribution in [0.2, 0.25) is 0 Å². The molecule has 1 saturated heterocycles. The number of hydrogen-bond acceptors (Lipinski definition) is 6. The maximum Gasteiger partial charge on any atom is 0.405 e. The van der Waals surface area contributed by atoms with E-state index < -0.39 is 0 Å². The van der Waals surface area contributed by atoms with Crippen molar-refractivity contribution in [3.05, 3.63) is 10.9 Å².